The molecule has 21 nitrogen and oxygen atoms in total. The molecule has 0 radical (unpaired) electrons. The molecule has 0 aromatic rings. The Morgan fingerprint density at radius 2 is 0.831 bits per heavy atom. The van der Waals surface area contributed by atoms with Gasteiger partial charge in [-0.25, -0.2) is 19.2 Å². The summed E-state index contributed by atoms with van der Waals surface area (Å²) in [6.07, 6.45) is 12.0. The largest absolute Gasteiger partial charge is 0.460 e. The van der Waals surface area contributed by atoms with E-state index >= 15 is 0 Å². The van der Waals surface area contributed by atoms with Gasteiger partial charge in [0.2, 0.25) is 17.7 Å². The van der Waals surface area contributed by atoms with Crippen LogP contribution < -0.4 is 16.0 Å². The van der Waals surface area contributed by atoms with Crippen molar-refractivity contribution in [1.82, 2.24) is 30.8 Å². The number of esters is 2. The number of hydrogen-bond acceptors (Lipinski definition) is 15. The van der Waals surface area contributed by atoms with E-state index in [1.54, 1.807) is 67.2 Å². The van der Waals surface area contributed by atoms with Crippen LogP contribution in [0.4, 0.5) is 9.59 Å². The molecule has 1 heterocycles. The molecular formula is C56H98N6O15. The third-order valence-corrected chi connectivity index (χ3v) is 11.4. The minimum absolute atomic E-state index is 0.0383. The van der Waals surface area contributed by atoms with E-state index in [9.17, 15) is 47.9 Å². The molecule has 21 heteroatoms. The number of hydroxylamine groups is 2. The van der Waals surface area contributed by atoms with Crippen molar-refractivity contribution in [1.29, 1.82) is 0 Å². The highest BCUT2D eigenvalue weighted by Crippen LogP contribution is 2.18. The fraction of sp³-hybridized carbons (Fsp3) is 0.821. The van der Waals surface area contributed by atoms with Gasteiger partial charge in [0, 0.05) is 77.8 Å². The maximum Gasteiger partial charge on any atom is 0.410 e. The zero-order valence-electron chi connectivity index (χ0n) is 49.0. The summed E-state index contributed by atoms with van der Waals surface area (Å²) < 4.78 is 22.2. The molecule has 1 aliphatic rings. The summed E-state index contributed by atoms with van der Waals surface area (Å²) in [5.41, 5.74) is -2.77. The van der Waals surface area contributed by atoms with Crippen molar-refractivity contribution in [3.63, 3.8) is 0 Å². The van der Waals surface area contributed by atoms with Crippen LogP contribution in [0, 0.1) is 0 Å². The first-order valence-electron chi connectivity index (χ1n) is 28.1. The van der Waals surface area contributed by atoms with Crippen LogP contribution >= 0.6 is 0 Å². The van der Waals surface area contributed by atoms with Gasteiger partial charge in [-0.3, -0.25) is 28.8 Å². The van der Waals surface area contributed by atoms with E-state index in [0.29, 0.717) is 50.1 Å². The Morgan fingerprint density at radius 1 is 0.442 bits per heavy atom. The number of nitrogens with one attached hydrogen (secondary N) is 3. The Morgan fingerprint density at radius 3 is 1.26 bits per heavy atom. The van der Waals surface area contributed by atoms with Crippen LogP contribution in [-0.2, 0) is 62.1 Å². The van der Waals surface area contributed by atoms with E-state index in [1.807, 2.05) is 20.8 Å². The topological polar surface area (TPSA) is 263 Å². The van der Waals surface area contributed by atoms with Crippen LogP contribution in [0.3, 0.4) is 0 Å². The van der Waals surface area contributed by atoms with Gasteiger partial charge in [0.15, 0.2) is 0 Å². The molecule has 0 bridgehead atoms. The number of unbranched alkanes of at least 4 members (excludes halogenated alkanes) is 11. The van der Waals surface area contributed by atoms with E-state index in [0.717, 1.165) is 64.2 Å². The summed E-state index contributed by atoms with van der Waals surface area (Å²) in [4.78, 5) is 133. The van der Waals surface area contributed by atoms with Crippen LogP contribution in [-0.4, -0.2) is 142 Å². The fourth-order valence-electron chi connectivity index (χ4n) is 7.74. The second kappa shape index (κ2) is 35.8. The molecule has 1 unspecified atom stereocenters. The number of carbonyl (C=O) groups is 10. The molecule has 0 saturated carbocycles. The Bertz CT molecular complexity index is 1870. The Labute approximate surface area is 459 Å². The van der Waals surface area contributed by atoms with Crippen molar-refractivity contribution in [2.45, 2.75) is 259 Å². The lowest BCUT2D eigenvalue weighted by atomic mass is 10.0. The Kier molecular flexibility index (Phi) is 32.3. The number of nitrogens with zero attached hydrogens (tertiary/aromatic N) is 3. The summed E-state index contributed by atoms with van der Waals surface area (Å²) in [6.45, 7) is 22.9. The van der Waals surface area contributed by atoms with Crippen LogP contribution in [0.5, 0.6) is 0 Å². The quantitative estimate of drug-likeness (QED) is 0.0229. The highest BCUT2D eigenvalue weighted by molar-refractivity contribution is 6.01. The van der Waals surface area contributed by atoms with E-state index in [4.69, 9.17) is 23.8 Å². The standard InChI is InChI=1S/C56H98N6O15/c1-53(2,3)73-48(68)29-23-21-19-17-15-13-14-16-18-20-22-28-45(65)59-42(50(70)74-54(4,5)6)30-31-43(63)57-36-26-40-60(51(71)75-55(7,8)9)38-24-25-39-61(52(72)76-56(10,11)12)41-27-37-58-44(64)32-35-49(69)77-62-46(66)33-34-47(62)67/h42H,13-41H2,1-12H3,(H,57,63)(H,58,64)(H,59,65). The summed E-state index contributed by atoms with van der Waals surface area (Å²) in [5.74, 6) is -3.90. The summed E-state index contributed by atoms with van der Waals surface area (Å²) in [5, 5.41) is 8.77. The molecule has 3 N–H and O–H groups in total. The molecule has 1 saturated heterocycles. The van der Waals surface area contributed by atoms with Crippen molar-refractivity contribution < 1.29 is 71.7 Å². The monoisotopic (exact) mass is 1090 g/mol. The lowest BCUT2D eigenvalue weighted by Gasteiger charge is -2.29. The van der Waals surface area contributed by atoms with Crippen molar-refractivity contribution >= 4 is 59.6 Å². The first-order valence-corrected chi connectivity index (χ1v) is 28.1. The van der Waals surface area contributed by atoms with Gasteiger partial charge >= 0.3 is 30.1 Å². The van der Waals surface area contributed by atoms with Crippen LogP contribution in [0.15, 0.2) is 0 Å². The highest BCUT2D eigenvalue weighted by Gasteiger charge is 2.33. The third-order valence-electron chi connectivity index (χ3n) is 11.4. The van der Waals surface area contributed by atoms with Gasteiger partial charge in [-0.15, -0.1) is 5.06 Å². The molecule has 7 amide bonds. The molecule has 77 heavy (non-hydrogen) atoms. The van der Waals surface area contributed by atoms with Gasteiger partial charge in [0.1, 0.15) is 28.4 Å². The second-order valence-corrected chi connectivity index (χ2v) is 23.8. The third kappa shape index (κ3) is 37.0. The highest BCUT2D eigenvalue weighted by atomic mass is 16.7. The van der Waals surface area contributed by atoms with Crippen molar-refractivity contribution in [2.24, 2.45) is 0 Å². The molecule has 0 spiro atoms. The van der Waals surface area contributed by atoms with Gasteiger partial charge < -0.3 is 49.5 Å². The number of rotatable bonds is 36. The van der Waals surface area contributed by atoms with E-state index in [2.05, 4.69) is 16.0 Å². The minimum atomic E-state index is -1.00. The van der Waals surface area contributed by atoms with Gasteiger partial charge in [-0.2, -0.15) is 0 Å². The fourth-order valence-corrected chi connectivity index (χ4v) is 7.74. The number of ether oxygens (including phenoxy) is 4. The second-order valence-electron chi connectivity index (χ2n) is 23.8. The zero-order chi connectivity index (χ0) is 58.2. The minimum Gasteiger partial charge on any atom is -0.460 e. The number of hydrogen-bond donors (Lipinski definition) is 3. The average molecular weight is 1100 g/mol. The van der Waals surface area contributed by atoms with Gasteiger partial charge in [-0.05, 0) is 128 Å². The lowest BCUT2D eigenvalue weighted by Crippen LogP contribution is -2.44. The van der Waals surface area contributed by atoms with E-state index in [-0.39, 0.29) is 95.5 Å². The molecule has 0 aromatic heterocycles. The maximum atomic E-state index is 13.3. The molecule has 1 rings (SSSR count). The molecule has 442 valence electrons. The van der Waals surface area contributed by atoms with Crippen molar-refractivity contribution in [3.8, 4) is 0 Å². The van der Waals surface area contributed by atoms with Crippen molar-refractivity contribution in [3.05, 3.63) is 0 Å². The van der Waals surface area contributed by atoms with Crippen LogP contribution in [0.2, 0.25) is 0 Å². The van der Waals surface area contributed by atoms with Gasteiger partial charge in [0.05, 0.1) is 6.42 Å². The predicted molar refractivity (Wildman–Crippen MR) is 289 cm³/mol. The molecule has 0 aromatic carbocycles. The smallest absolute Gasteiger partial charge is 0.410 e. The number of imide groups is 1. The normalized spacial score (nSPS) is 13.3. The average Bonchev–Trinajstić information content (AvgIpc) is 3.60. The van der Waals surface area contributed by atoms with E-state index in [1.165, 1.54) is 4.90 Å². The number of amides is 7. The molecule has 0 aliphatic carbocycles. The molecule has 1 atom stereocenters. The van der Waals surface area contributed by atoms with Crippen LogP contribution in [0.25, 0.3) is 0 Å². The van der Waals surface area contributed by atoms with E-state index < -0.39 is 70.3 Å². The zero-order valence-corrected chi connectivity index (χ0v) is 49.0. The maximum absolute atomic E-state index is 13.3. The molecule has 1 aliphatic heterocycles. The van der Waals surface area contributed by atoms with Gasteiger partial charge in [-0.1, -0.05) is 57.8 Å². The Hall–Kier alpha value is -5.50. The predicted octanol–water partition coefficient (Wildman–Crippen LogP) is 8.66. The summed E-state index contributed by atoms with van der Waals surface area (Å²) in [7, 11) is 0. The molecule has 1 fully saturated rings. The first kappa shape index (κ1) is 69.5. The van der Waals surface area contributed by atoms with Crippen molar-refractivity contribution in [2.75, 3.05) is 39.3 Å². The molecular weight excluding hydrogens is 997 g/mol. The van der Waals surface area contributed by atoms with Crippen LogP contribution in [0.1, 0.15) is 231 Å². The summed E-state index contributed by atoms with van der Waals surface area (Å²) >= 11 is 0. The number of carbonyl (C=O) groups excluding carboxylic acids is 10. The SMILES string of the molecule is CC(C)(C)OC(=O)CCCCCCCCCCCCCC(=O)NC(CCC(=O)NCCCN(CCCCN(CCCNC(=O)CCC(=O)ON1C(=O)CCC1=O)C(=O)OC(C)(C)C)C(=O)OC(C)(C)C)C(=O)OC(C)(C)C. The first-order chi connectivity index (χ1) is 35.8. The van der Waals surface area contributed by atoms with Gasteiger partial charge in [0.25, 0.3) is 11.8 Å². The lowest BCUT2D eigenvalue weighted by molar-refractivity contribution is -0.197. The Balaban J connectivity index is 2.59. The summed E-state index contributed by atoms with van der Waals surface area (Å²) in [6, 6.07) is -1.00.